The Bertz CT molecular complexity index is 594. The van der Waals surface area contributed by atoms with Crippen LogP contribution in [0.3, 0.4) is 0 Å². The predicted octanol–water partition coefficient (Wildman–Crippen LogP) is 6.57. The molecule has 0 saturated carbocycles. The first-order valence-corrected chi connectivity index (χ1v) is 11.6. The molecule has 2 N–H and O–H groups in total. The standard InChI is InChI=1S/C25H40O4/c1-2-3-4-5-6-7-8-13-21-18-19-22(14-9-11-16-24(26)27)23(20-21)15-10-12-17-25(28)29/h18-20H,2-17H2,1H3,(H,26,27)(H,28,29). The third-order valence-corrected chi connectivity index (χ3v) is 5.51. The number of carbonyl (C=O) groups is 2. The Balaban J connectivity index is 2.53. The molecule has 1 aromatic carbocycles. The van der Waals surface area contributed by atoms with Crippen LogP contribution >= 0.6 is 0 Å². The summed E-state index contributed by atoms with van der Waals surface area (Å²) in [6.45, 7) is 2.25. The number of hydrogen-bond donors (Lipinski definition) is 2. The maximum absolute atomic E-state index is 10.7. The Kier molecular flexibility index (Phi) is 13.9. The maximum atomic E-state index is 10.7. The molecule has 164 valence electrons. The topological polar surface area (TPSA) is 74.6 Å². The molecular weight excluding hydrogens is 364 g/mol. The summed E-state index contributed by atoms with van der Waals surface area (Å²) in [5, 5.41) is 17.6. The van der Waals surface area contributed by atoms with E-state index in [1.165, 1.54) is 61.6 Å². The van der Waals surface area contributed by atoms with Crippen molar-refractivity contribution in [1.82, 2.24) is 0 Å². The molecule has 4 heteroatoms. The lowest BCUT2D eigenvalue weighted by atomic mass is 9.93. The molecule has 0 aliphatic carbocycles. The monoisotopic (exact) mass is 404 g/mol. The van der Waals surface area contributed by atoms with E-state index in [1.54, 1.807) is 0 Å². The van der Waals surface area contributed by atoms with Crippen molar-refractivity contribution in [3.8, 4) is 0 Å². The summed E-state index contributed by atoms with van der Waals surface area (Å²) in [7, 11) is 0. The molecule has 0 unspecified atom stereocenters. The third-order valence-electron chi connectivity index (χ3n) is 5.51. The van der Waals surface area contributed by atoms with Gasteiger partial charge in [0.25, 0.3) is 0 Å². The number of rotatable bonds is 18. The van der Waals surface area contributed by atoms with E-state index in [0.717, 1.165) is 32.1 Å². The highest BCUT2D eigenvalue weighted by molar-refractivity contribution is 5.66. The fourth-order valence-corrected chi connectivity index (χ4v) is 3.78. The molecule has 0 aromatic heterocycles. The molecule has 29 heavy (non-hydrogen) atoms. The first kappa shape index (κ1) is 25.2. The molecule has 1 aromatic rings. The molecule has 0 amide bonds. The van der Waals surface area contributed by atoms with E-state index in [2.05, 4.69) is 25.1 Å². The lowest BCUT2D eigenvalue weighted by Crippen LogP contribution is -2.00. The van der Waals surface area contributed by atoms with Gasteiger partial charge in [-0.25, -0.2) is 0 Å². The summed E-state index contributed by atoms with van der Waals surface area (Å²) in [5.41, 5.74) is 4.00. The summed E-state index contributed by atoms with van der Waals surface area (Å²) in [6.07, 6.45) is 15.7. The van der Waals surface area contributed by atoms with Gasteiger partial charge in [-0.2, -0.15) is 0 Å². The van der Waals surface area contributed by atoms with E-state index in [1.807, 2.05) is 0 Å². The maximum Gasteiger partial charge on any atom is 0.303 e. The molecule has 0 saturated heterocycles. The molecule has 4 nitrogen and oxygen atoms in total. The Hall–Kier alpha value is -1.84. The lowest BCUT2D eigenvalue weighted by Gasteiger charge is -2.12. The van der Waals surface area contributed by atoms with Crippen molar-refractivity contribution in [2.45, 2.75) is 110 Å². The SMILES string of the molecule is CCCCCCCCCc1ccc(CCCCC(=O)O)c(CCCCC(=O)O)c1. The zero-order valence-electron chi connectivity index (χ0n) is 18.3. The van der Waals surface area contributed by atoms with Crippen LogP contribution in [0.15, 0.2) is 18.2 Å². The Labute approximate surface area is 176 Å². The summed E-state index contributed by atoms with van der Waals surface area (Å²) >= 11 is 0. The van der Waals surface area contributed by atoms with Crippen LogP contribution < -0.4 is 0 Å². The third kappa shape index (κ3) is 13.1. The van der Waals surface area contributed by atoms with Crippen LogP contribution in [0.25, 0.3) is 0 Å². The number of carboxylic acids is 2. The minimum atomic E-state index is -0.732. The van der Waals surface area contributed by atoms with Gasteiger partial charge in [0.1, 0.15) is 0 Å². The molecule has 0 spiro atoms. The average molecular weight is 405 g/mol. The van der Waals surface area contributed by atoms with E-state index in [4.69, 9.17) is 10.2 Å². The van der Waals surface area contributed by atoms with Gasteiger partial charge in [-0.3, -0.25) is 9.59 Å². The van der Waals surface area contributed by atoms with E-state index < -0.39 is 11.9 Å². The van der Waals surface area contributed by atoms with Crippen LogP contribution in [0.5, 0.6) is 0 Å². The second-order valence-corrected chi connectivity index (χ2v) is 8.18. The van der Waals surface area contributed by atoms with Gasteiger partial charge in [0.05, 0.1) is 0 Å². The van der Waals surface area contributed by atoms with Crippen molar-refractivity contribution in [2.75, 3.05) is 0 Å². The van der Waals surface area contributed by atoms with Gasteiger partial charge < -0.3 is 10.2 Å². The zero-order chi connectivity index (χ0) is 21.3. The quantitative estimate of drug-likeness (QED) is 0.271. The summed E-state index contributed by atoms with van der Waals surface area (Å²) in [5.74, 6) is -1.46. The van der Waals surface area contributed by atoms with Gasteiger partial charge in [-0.05, 0) is 68.1 Å². The van der Waals surface area contributed by atoms with Crippen molar-refractivity contribution in [3.05, 3.63) is 34.9 Å². The molecule has 0 atom stereocenters. The molecule has 0 fully saturated rings. The predicted molar refractivity (Wildman–Crippen MR) is 119 cm³/mol. The number of carboxylic acid groups (broad SMARTS) is 2. The number of aryl methyl sites for hydroxylation is 3. The number of aliphatic carboxylic acids is 2. The summed E-state index contributed by atoms with van der Waals surface area (Å²) in [6, 6.07) is 6.75. The normalized spacial score (nSPS) is 10.9. The highest BCUT2D eigenvalue weighted by atomic mass is 16.4. The largest absolute Gasteiger partial charge is 0.481 e. The van der Waals surface area contributed by atoms with E-state index in [9.17, 15) is 9.59 Å². The molecule has 0 radical (unpaired) electrons. The number of hydrogen-bond acceptors (Lipinski definition) is 2. The van der Waals surface area contributed by atoms with Crippen LogP contribution in [0, 0.1) is 0 Å². The molecule has 0 aliphatic heterocycles. The van der Waals surface area contributed by atoms with Crippen molar-refractivity contribution in [3.63, 3.8) is 0 Å². The van der Waals surface area contributed by atoms with Crippen molar-refractivity contribution >= 4 is 11.9 Å². The van der Waals surface area contributed by atoms with Crippen LogP contribution in [0.4, 0.5) is 0 Å². The second-order valence-electron chi connectivity index (χ2n) is 8.18. The van der Waals surface area contributed by atoms with Gasteiger partial charge in [-0.1, -0.05) is 63.6 Å². The minimum absolute atomic E-state index is 0.226. The van der Waals surface area contributed by atoms with Gasteiger partial charge in [-0.15, -0.1) is 0 Å². The molecule has 0 aliphatic rings. The molecule has 0 bridgehead atoms. The van der Waals surface area contributed by atoms with Crippen LogP contribution in [-0.2, 0) is 28.9 Å². The van der Waals surface area contributed by atoms with Crippen LogP contribution in [0.1, 0.15) is 107 Å². The van der Waals surface area contributed by atoms with Crippen LogP contribution in [0.2, 0.25) is 0 Å². The number of unbranched alkanes of at least 4 members (excludes halogenated alkanes) is 8. The Morgan fingerprint density at radius 2 is 1.17 bits per heavy atom. The minimum Gasteiger partial charge on any atom is -0.481 e. The second kappa shape index (κ2) is 16.0. The van der Waals surface area contributed by atoms with Crippen molar-refractivity contribution in [1.29, 1.82) is 0 Å². The Morgan fingerprint density at radius 3 is 1.76 bits per heavy atom. The van der Waals surface area contributed by atoms with Crippen molar-refractivity contribution in [2.24, 2.45) is 0 Å². The van der Waals surface area contributed by atoms with Gasteiger partial charge in [0, 0.05) is 12.8 Å². The summed E-state index contributed by atoms with van der Waals surface area (Å²) < 4.78 is 0. The molecule has 1 rings (SSSR count). The molecule has 0 heterocycles. The highest BCUT2D eigenvalue weighted by Crippen LogP contribution is 2.20. The van der Waals surface area contributed by atoms with Gasteiger partial charge >= 0.3 is 11.9 Å². The summed E-state index contributed by atoms with van der Waals surface area (Å²) in [4.78, 5) is 21.4. The smallest absolute Gasteiger partial charge is 0.303 e. The van der Waals surface area contributed by atoms with Crippen LogP contribution in [-0.4, -0.2) is 22.2 Å². The first-order chi connectivity index (χ1) is 14.0. The van der Waals surface area contributed by atoms with E-state index >= 15 is 0 Å². The average Bonchev–Trinajstić information content (AvgIpc) is 2.68. The van der Waals surface area contributed by atoms with Gasteiger partial charge in [0.2, 0.25) is 0 Å². The number of benzene rings is 1. The van der Waals surface area contributed by atoms with Crippen molar-refractivity contribution < 1.29 is 19.8 Å². The Morgan fingerprint density at radius 1 is 0.655 bits per heavy atom. The fraction of sp³-hybridized carbons (Fsp3) is 0.680. The van der Waals surface area contributed by atoms with E-state index in [0.29, 0.717) is 12.8 Å². The van der Waals surface area contributed by atoms with E-state index in [-0.39, 0.29) is 12.8 Å². The molecular formula is C25H40O4. The highest BCUT2D eigenvalue weighted by Gasteiger charge is 2.07. The fourth-order valence-electron chi connectivity index (χ4n) is 3.78. The first-order valence-electron chi connectivity index (χ1n) is 11.6. The zero-order valence-corrected chi connectivity index (χ0v) is 18.3. The lowest BCUT2D eigenvalue weighted by molar-refractivity contribution is -0.138. The van der Waals surface area contributed by atoms with Gasteiger partial charge in [0.15, 0.2) is 0 Å².